The summed E-state index contributed by atoms with van der Waals surface area (Å²) >= 11 is 0. The molecule has 41 heavy (non-hydrogen) atoms. The number of hydrogen-bond acceptors (Lipinski definition) is 4. The number of anilines is 1. The highest BCUT2D eigenvalue weighted by Gasteiger charge is 2.33. The Morgan fingerprint density at radius 3 is 1.83 bits per heavy atom. The molecule has 0 saturated carbocycles. The Morgan fingerprint density at radius 1 is 0.805 bits per heavy atom. The highest BCUT2D eigenvalue weighted by molar-refractivity contribution is 7.92. The van der Waals surface area contributed by atoms with Gasteiger partial charge in [0.05, 0.1) is 10.6 Å². The molecule has 0 aliphatic carbocycles. The third-order valence-electron chi connectivity index (χ3n) is 7.03. The van der Waals surface area contributed by atoms with Crippen LogP contribution in [0.4, 0.5) is 5.69 Å². The molecule has 0 radical (unpaired) electrons. The van der Waals surface area contributed by atoms with Crippen LogP contribution in [0.2, 0.25) is 0 Å². The predicted octanol–water partition coefficient (Wildman–Crippen LogP) is 5.95. The maximum absolute atomic E-state index is 14.1. The van der Waals surface area contributed by atoms with Gasteiger partial charge in [-0.05, 0) is 75.4 Å². The van der Waals surface area contributed by atoms with E-state index in [-0.39, 0.29) is 29.3 Å². The summed E-state index contributed by atoms with van der Waals surface area (Å²) in [5.41, 5.74) is 4.31. The molecule has 0 aliphatic rings. The lowest BCUT2D eigenvalue weighted by molar-refractivity contribution is -0.140. The van der Waals surface area contributed by atoms with Gasteiger partial charge in [0, 0.05) is 12.6 Å². The number of aryl methyl sites for hydroxylation is 2. The minimum Gasteiger partial charge on any atom is -0.352 e. The Hall–Kier alpha value is -3.65. The second-order valence-corrected chi connectivity index (χ2v) is 13.0. The van der Waals surface area contributed by atoms with E-state index in [2.05, 4.69) is 19.2 Å². The van der Waals surface area contributed by atoms with Gasteiger partial charge in [0.2, 0.25) is 11.8 Å². The van der Waals surface area contributed by atoms with Crippen LogP contribution in [-0.2, 0) is 26.2 Å². The molecule has 2 amide bonds. The van der Waals surface area contributed by atoms with E-state index in [0.717, 1.165) is 26.6 Å². The zero-order chi connectivity index (χ0) is 30.3. The number of hydrogen-bond donors (Lipinski definition) is 1. The van der Waals surface area contributed by atoms with E-state index in [1.807, 2.05) is 71.0 Å². The lowest BCUT2D eigenvalue weighted by Crippen LogP contribution is -2.53. The van der Waals surface area contributed by atoms with Gasteiger partial charge in [-0.3, -0.25) is 13.9 Å². The number of nitrogens with one attached hydrogen (secondary N) is 1. The first-order valence-corrected chi connectivity index (χ1v) is 15.6. The molecule has 1 N–H and O–H groups in total. The molecule has 0 spiro atoms. The Bertz CT molecular complexity index is 1410. The van der Waals surface area contributed by atoms with Crippen molar-refractivity contribution < 1.29 is 18.0 Å². The zero-order valence-electron chi connectivity index (χ0n) is 25.2. The van der Waals surface area contributed by atoms with E-state index < -0.39 is 28.5 Å². The largest absolute Gasteiger partial charge is 0.352 e. The summed E-state index contributed by atoms with van der Waals surface area (Å²) in [6.45, 7) is 13.3. The third kappa shape index (κ3) is 8.19. The number of amides is 2. The standard InChI is InChI=1S/C33H43N3O4S/c1-8-31(33(38)34-24(4)5)35(21-27-13-9-25(6)10-14-27)32(37)22-36(29-17-15-28(16-18-29)23(2)3)41(39,40)30-19-11-26(7)12-20-30/h9-20,23-24,31H,8,21-22H2,1-7H3,(H,34,38). The van der Waals surface area contributed by atoms with Crippen LogP contribution in [0, 0.1) is 13.8 Å². The average Bonchev–Trinajstić information content (AvgIpc) is 2.92. The zero-order valence-corrected chi connectivity index (χ0v) is 26.0. The third-order valence-corrected chi connectivity index (χ3v) is 8.81. The fourth-order valence-corrected chi connectivity index (χ4v) is 6.00. The number of carbonyl (C=O) groups excluding carboxylic acids is 2. The fraction of sp³-hybridized carbons (Fsp3) is 0.394. The van der Waals surface area contributed by atoms with Crippen molar-refractivity contribution in [1.82, 2.24) is 10.2 Å². The van der Waals surface area contributed by atoms with E-state index in [1.54, 1.807) is 36.4 Å². The van der Waals surface area contributed by atoms with Crippen molar-refractivity contribution in [2.75, 3.05) is 10.8 Å². The number of benzene rings is 3. The molecule has 0 aliphatic heterocycles. The molecule has 0 aromatic heterocycles. The number of rotatable bonds is 12. The van der Waals surface area contributed by atoms with Gasteiger partial charge in [0.1, 0.15) is 12.6 Å². The minimum absolute atomic E-state index is 0.0958. The van der Waals surface area contributed by atoms with Crippen LogP contribution in [0.3, 0.4) is 0 Å². The normalized spacial score (nSPS) is 12.3. The Balaban J connectivity index is 2.07. The number of sulfonamides is 1. The van der Waals surface area contributed by atoms with Gasteiger partial charge in [0.25, 0.3) is 10.0 Å². The van der Waals surface area contributed by atoms with Gasteiger partial charge in [-0.25, -0.2) is 8.42 Å². The summed E-state index contributed by atoms with van der Waals surface area (Å²) in [6, 6.07) is 20.7. The predicted molar refractivity (Wildman–Crippen MR) is 165 cm³/mol. The van der Waals surface area contributed by atoms with Gasteiger partial charge in [0.15, 0.2) is 0 Å². The van der Waals surface area contributed by atoms with Crippen LogP contribution < -0.4 is 9.62 Å². The van der Waals surface area contributed by atoms with Crippen molar-refractivity contribution >= 4 is 27.5 Å². The van der Waals surface area contributed by atoms with Gasteiger partial charge in [-0.15, -0.1) is 0 Å². The number of carbonyl (C=O) groups is 2. The summed E-state index contributed by atoms with van der Waals surface area (Å²) in [5, 5.41) is 2.92. The van der Waals surface area contributed by atoms with E-state index in [1.165, 1.54) is 4.90 Å². The molecule has 3 aromatic carbocycles. The van der Waals surface area contributed by atoms with E-state index in [4.69, 9.17) is 0 Å². The second kappa shape index (κ2) is 13.8. The Labute approximate surface area is 245 Å². The monoisotopic (exact) mass is 577 g/mol. The van der Waals surface area contributed by atoms with Crippen molar-refractivity contribution in [3.8, 4) is 0 Å². The fourth-order valence-electron chi connectivity index (χ4n) is 4.58. The number of nitrogens with zero attached hydrogens (tertiary/aromatic N) is 2. The maximum Gasteiger partial charge on any atom is 0.264 e. The molecule has 3 rings (SSSR count). The molecular weight excluding hydrogens is 534 g/mol. The first-order valence-electron chi connectivity index (χ1n) is 14.2. The molecule has 0 bridgehead atoms. The quantitative estimate of drug-likeness (QED) is 0.288. The van der Waals surface area contributed by atoms with Crippen molar-refractivity contribution in [3.05, 3.63) is 95.1 Å². The molecular formula is C33H43N3O4S. The van der Waals surface area contributed by atoms with Crippen LogP contribution in [0.25, 0.3) is 0 Å². The summed E-state index contributed by atoms with van der Waals surface area (Å²) in [4.78, 5) is 29.0. The van der Waals surface area contributed by atoms with Crippen LogP contribution in [0.1, 0.15) is 69.2 Å². The summed E-state index contributed by atoms with van der Waals surface area (Å²) in [7, 11) is -4.10. The van der Waals surface area contributed by atoms with Gasteiger partial charge in [-0.2, -0.15) is 0 Å². The van der Waals surface area contributed by atoms with Crippen LogP contribution in [0.15, 0.2) is 77.7 Å². The van der Waals surface area contributed by atoms with Crippen LogP contribution >= 0.6 is 0 Å². The summed E-state index contributed by atoms with van der Waals surface area (Å²) < 4.78 is 29.2. The topological polar surface area (TPSA) is 86.8 Å². The maximum atomic E-state index is 14.1. The van der Waals surface area contributed by atoms with Gasteiger partial charge in [-0.1, -0.05) is 80.4 Å². The smallest absolute Gasteiger partial charge is 0.264 e. The van der Waals surface area contributed by atoms with E-state index in [9.17, 15) is 18.0 Å². The molecule has 3 aromatic rings. The van der Waals surface area contributed by atoms with Gasteiger partial charge < -0.3 is 10.2 Å². The van der Waals surface area contributed by atoms with Crippen molar-refractivity contribution in [3.63, 3.8) is 0 Å². The summed E-state index contributed by atoms with van der Waals surface area (Å²) in [5.74, 6) is -0.459. The van der Waals surface area contributed by atoms with Gasteiger partial charge >= 0.3 is 0 Å². The molecule has 220 valence electrons. The average molecular weight is 578 g/mol. The van der Waals surface area contributed by atoms with Crippen LogP contribution in [-0.4, -0.2) is 43.8 Å². The molecule has 7 nitrogen and oxygen atoms in total. The highest BCUT2D eigenvalue weighted by atomic mass is 32.2. The highest BCUT2D eigenvalue weighted by Crippen LogP contribution is 2.27. The SMILES string of the molecule is CCC(C(=O)NC(C)C)N(Cc1ccc(C)cc1)C(=O)CN(c1ccc(C(C)C)cc1)S(=O)(=O)c1ccc(C)cc1. The van der Waals surface area contributed by atoms with E-state index in [0.29, 0.717) is 12.1 Å². The molecule has 0 fully saturated rings. The lowest BCUT2D eigenvalue weighted by Gasteiger charge is -2.33. The Morgan fingerprint density at radius 2 is 1.34 bits per heavy atom. The molecule has 1 unspecified atom stereocenters. The molecule has 0 heterocycles. The molecule has 1 atom stereocenters. The first kappa shape index (κ1) is 31.9. The van der Waals surface area contributed by atoms with Crippen molar-refractivity contribution in [1.29, 1.82) is 0 Å². The summed E-state index contributed by atoms with van der Waals surface area (Å²) in [6.07, 6.45) is 0.379. The van der Waals surface area contributed by atoms with Crippen molar-refractivity contribution in [2.45, 2.75) is 84.3 Å². The van der Waals surface area contributed by atoms with Crippen molar-refractivity contribution in [2.24, 2.45) is 0 Å². The first-order chi connectivity index (χ1) is 19.3. The Kier molecular flexibility index (Phi) is 10.7. The second-order valence-electron chi connectivity index (χ2n) is 11.2. The van der Waals surface area contributed by atoms with Crippen LogP contribution in [0.5, 0.6) is 0 Å². The minimum atomic E-state index is -4.10. The molecule has 0 saturated heterocycles. The lowest BCUT2D eigenvalue weighted by atomic mass is 10.0. The van der Waals surface area contributed by atoms with E-state index >= 15 is 0 Å². The molecule has 8 heteroatoms.